The van der Waals surface area contributed by atoms with Gasteiger partial charge in [-0.15, -0.1) is 0 Å². The average Bonchev–Trinajstić information content (AvgIpc) is 3.15. The number of unbranched alkanes of at least 4 members (excludes halogenated alkanes) is 23. The number of quaternary nitrogens is 1. The number of carbonyl (C=O) groups excluding carboxylic acids is 1. The number of likely N-dealkylation sites (N-methyl/N-ethyl adjacent to an activating group) is 1. The first-order chi connectivity index (χ1) is 27.1. The number of ether oxygens (including phenoxy) is 2. The van der Waals surface area contributed by atoms with Crippen molar-refractivity contribution in [3.63, 3.8) is 0 Å². The molecule has 0 aromatic heterocycles. The van der Waals surface area contributed by atoms with Crippen LogP contribution in [0.2, 0.25) is 0 Å². The summed E-state index contributed by atoms with van der Waals surface area (Å²) < 4.78 is 35.0. The van der Waals surface area contributed by atoms with Gasteiger partial charge in [-0.2, -0.15) is 0 Å². The molecule has 1 N–H and O–H groups in total. The van der Waals surface area contributed by atoms with E-state index >= 15 is 0 Å². The van der Waals surface area contributed by atoms with Gasteiger partial charge in [-0.25, -0.2) is 4.57 Å². The molecule has 56 heavy (non-hydrogen) atoms. The zero-order valence-corrected chi connectivity index (χ0v) is 38.3. The Hall–Kier alpha value is -1.28. The Morgan fingerprint density at radius 2 is 0.982 bits per heavy atom. The van der Waals surface area contributed by atoms with E-state index in [1.54, 1.807) is 0 Å². The van der Waals surface area contributed by atoms with Gasteiger partial charge in [0.25, 0.3) is 0 Å². The molecule has 0 aromatic carbocycles. The van der Waals surface area contributed by atoms with Crippen LogP contribution in [0.15, 0.2) is 36.5 Å². The third kappa shape index (κ3) is 43.8. The van der Waals surface area contributed by atoms with Gasteiger partial charge in [0.2, 0.25) is 0 Å². The molecular weight excluding hydrogens is 721 g/mol. The molecule has 0 radical (unpaired) electrons. The van der Waals surface area contributed by atoms with Gasteiger partial charge in [-0.3, -0.25) is 13.8 Å². The Morgan fingerprint density at radius 3 is 1.46 bits per heavy atom. The summed E-state index contributed by atoms with van der Waals surface area (Å²) in [4.78, 5) is 22.8. The molecule has 330 valence electrons. The molecule has 0 spiro atoms. The Bertz CT molecular complexity index is 994. The van der Waals surface area contributed by atoms with Crippen LogP contribution >= 0.6 is 7.82 Å². The number of hydrogen-bond acceptors (Lipinski definition) is 6. The zero-order valence-electron chi connectivity index (χ0n) is 37.4. The Morgan fingerprint density at radius 1 is 0.554 bits per heavy atom. The van der Waals surface area contributed by atoms with E-state index in [0.717, 1.165) is 44.9 Å². The number of rotatable bonds is 43. The Balaban J connectivity index is 4.09. The summed E-state index contributed by atoms with van der Waals surface area (Å²) >= 11 is 0. The summed E-state index contributed by atoms with van der Waals surface area (Å²) in [6.45, 7) is 5.60. The molecule has 0 rings (SSSR count). The molecule has 0 aliphatic heterocycles. The van der Waals surface area contributed by atoms with Gasteiger partial charge < -0.3 is 18.9 Å². The minimum Gasteiger partial charge on any atom is -0.457 e. The molecule has 2 unspecified atom stereocenters. The molecular formula is C47H91NO7P+. The van der Waals surface area contributed by atoms with Gasteiger partial charge >= 0.3 is 13.8 Å². The van der Waals surface area contributed by atoms with Crippen LogP contribution in [0.5, 0.6) is 0 Å². The van der Waals surface area contributed by atoms with E-state index in [4.69, 9.17) is 18.5 Å². The van der Waals surface area contributed by atoms with Crippen LogP contribution in [0.3, 0.4) is 0 Å². The summed E-state index contributed by atoms with van der Waals surface area (Å²) in [5.74, 6) is -0.317. The number of allylic oxidation sites excluding steroid dienone is 6. The van der Waals surface area contributed by atoms with Crippen molar-refractivity contribution in [2.24, 2.45) is 0 Å². The second kappa shape index (κ2) is 40.5. The lowest BCUT2D eigenvalue weighted by atomic mass is 10.1. The number of carbonyl (C=O) groups is 1. The number of phosphoric acid groups is 1. The molecule has 0 aromatic rings. The van der Waals surface area contributed by atoms with Crippen molar-refractivity contribution < 1.29 is 37.3 Å². The maximum atomic E-state index is 12.6. The van der Waals surface area contributed by atoms with E-state index in [1.165, 1.54) is 135 Å². The summed E-state index contributed by atoms with van der Waals surface area (Å²) in [5, 5.41) is 0. The topological polar surface area (TPSA) is 91.3 Å². The fourth-order valence-corrected chi connectivity index (χ4v) is 7.07. The average molecular weight is 813 g/mol. The molecule has 0 aliphatic rings. The highest BCUT2D eigenvalue weighted by molar-refractivity contribution is 7.47. The van der Waals surface area contributed by atoms with Crippen molar-refractivity contribution >= 4 is 13.8 Å². The highest BCUT2D eigenvalue weighted by Crippen LogP contribution is 2.43. The summed E-state index contributed by atoms with van der Waals surface area (Å²) in [7, 11) is 1.67. The lowest BCUT2D eigenvalue weighted by Crippen LogP contribution is -2.37. The number of hydrogen-bond donors (Lipinski definition) is 1. The van der Waals surface area contributed by atoms with Crippen molar-refractivity contribution in [2.45, 2.75) is 206 Å². The highest BCUT2D eigenvalue weighted by atomic mass is 31.2. The van der Waals surface area contributed by atoms with Crippen molar-refractivity contribution in [3.8, 4) is 0 Å². The van der Waals surface area contributed by atoms with E-state index < -0.39 is 13.9 Å². The molecule has 0 saturated carbocycles. The first-order valence-corrected chi connectivity index (χ1v) is 24.7. The van der Waals surface area contributed by atoms with Crippen LogP contribution in [-0.2, 0) is 27.9 Å². The molecule has 0 bridgehead atoms. The molecule has 0 saturated heterocycles. The minimum absolute atomic E-state index is 0.0882. The van der Waals surface area contributed by atoms with E-state index in [0.29, 0.717) is 24.1 Å². The normalized spacial score (nSPS) is 14.0. The molecule has 8 nitrogen and oxygen atoms in total. The highest BCUT2D eigenvalue weighted by Gasteiger charge is 2.26. The van der Waals surface area contributed by atoms with Crippen molar-refractivity contribution in [1.29, 1.82) is 0 Å². The largest absolute Gasteiger partial charge is 0.472 e. The van der Waals surface area contributed by atoms with E-state index in [1.807, 2.05) is 21.1 Å². The molecule has 0 heterocycles. The molecule has 0 aliphatic carbocycles. The summed E-state index contributed by atoms with van der Waals surface area (Å²) in [6.07, 6.45) is 47.6. The first-order valence-electron chi connectivity index (χ1n) is 23.2. The summed E-state index contributed by atoms with van der Waals surface area (Å²) in [5.41, 5.74) is 0. The zero-order chi connectivity index (χ0) is 41.3. The smallest absolute Gasteiger partial charge is 0.457 e. The lowest BCUT2D eigenvalue weighted by molar-refractivity contribution is -0.870. The summed E-state index contributed by atoms with van der Waals surface area (Å²) in [6, 6.07) is 0. The van der Waals surface area contributed by atoms with Gasteiger partial charge in [-0.05, 0) is 51.4 Å². The van der Waals surface area contributed by atoms with Crippen molar-refractivity contribution in [1.82, 2.24) is 0 Å². The molecule has 0 amide bonds. The minimum atomic E-state index is -4.27. The fourth-order valence-electron chi connectivity index (χ4n) is 6.32. The van der Waals surface area contributed by atoms with Crippen molar-refractivity contribution in [3.05, 3.63) is 36.5 Å². The SMILES string of the molecule is CCCCCCC/C=C\C/C=C\C/C=C\CCCCCCCCCCCOCC(COP(=O)(O)OCC[N+](C)(C)C)OC(=O)CCCCCCCCCCCC. The van der Waals surface area contributed by atoms with Crippen LogP contribution in [0, 0.1) is 0 Å². The maximum absolute atomic E-state index is 12.6. The second-order valence-corrected chi connectivity index (χ2v) is 18.2. The fraction of sp³-hybridized carbons (Fsp3) is 0.851. The van der Waals surface area contributed by atoms with Gasteiger partial charge in [0.05, 0.1) is 34.4 Å². The second-order valence-electron chi connectivity index (χ2n) is 16.8. The van der Waals surface area contributed by atoms with Crippen molar-refractivity contribution in [2.75, 3.05) is 54.1 Å². The van der Waals surface area contributed by atoms with Gasteiger partial charge in [0, 0.05) is 13.0 Å². The van der Waals surface area contributed by atoms with E-state index in [9.17, 15) is 14.3 Å². The maximum Gasteiger partial charge on any atom is 0.472 e. The predicted molar refractivity (Wildman–Crippen MR) is 238 cm³/mol. The standard InChI is InChI=1S/C47H90NO7P/c1-6-8-10-12-14-16-18-19-20-21-22-23-24-25-26-27-28-29-30-31-33-35-37-39-42-52-44-46(45-54-56(50,51)53-43-41-48(3,4)5)55-47(49)40-38-36-34-32-17-15-13-11-9-7-2/h18-19,21-22,24-25,46H,6-17,20,23,26-45H2,1-5H3/p+1/b19-18-,22-21-,25-24-. The lowest BCUT2D eigenvalue weighted by Gasteiger charge is -2.24. The van der Waals surface area contributed by atoms with Crippen LogP contribution in [0.25, 0.3) is 0 Å². The van der Waals surface area contributed by atoms with Gasteiger partial charge in [0.1, 0.15) is 19.3 Å². The Kier molecular flexibility index (Phi) is 39.6. The van der Waals surface area contributed by atoms with E-state index in [-0.39, 0.29) is 25.8 Å². The van der Waals surface area contributed by atoms with Gasteiger partial charge in [0.15, 0.2) is 0 Å². The third-order valence-corrected chi connectivity index (χ3v) is 10.9. The number of esters is 1. The van der Waals surface area contributed by atoms with Crippen LogP contribution in [-0.4, -0.2) is 75.6 Å². The third-order valence-electron chi connectivity index (χ3n) is 9.95. The molecule has 9 heteroatoms. The van der Waals surface area contributed by atoms with E-state index in [2.05, 4.69) is 50.3 Å². The number of phosphoric ester groups is 1. The molecule has 0 fully saturated rings. The monoisotopic (exact) mass is 813 g/mol. The van der Waals surface area contributed by atoms with Gasteiger partial charge in [-0.1, -0.05) is 179 Å². The number of nitrogens with zero attached hydrogens (tertiary/aromatic N) is 1. The van der Waals surface area contributed by atoms with Crippen LogP contribution < -0.4 is 0 Å². The van der Waals surface area contributed by atoms with Crippen LogP contribution in [0.1, 0.15) is 200 Å². The quantitative estimate of drug-likeness (QED) is 0.0215. The molecule has 2 atom stereocenters. The predicted octanol–water partition coefficient (Wildman–Crippen LogP) is 13.8. The van der Waals surface area contributed by atoms with Crippen LogP contribution in [0.4, 0.5) is 0 Å². The Labute approximate surface area is 346 Å². The first kappa shape index (κ1) is 54.7.